The summed E-state index contributed by atoms with van der Waals surface area (Å²) in [6.45, 7) is 20.1. The van der Waals surface area contributed by atoms with Crippen LogP contribution in [0.1, 0.15) is 79.5 Å². The first-order valence-electron chi connectivity index (χ1n) is 11.4. The Labute approximate surface area is 197 Å². The van der Waals surface area contributed by atoms with Crippen LogP contribution in [0.4, 0.5) is 0 Å². The van der Waals surface area contributed by atoms with Gasteiger partial charge < -0.3 is 0 Å². The highest BCUT2D eigenvalue weighted by Gasteiger charge is 1.99. The monoisotopic (exact) mass is 434 g/mol. The summed E-state index contributed by atoms with van der Waals surface area (Å²) >= 11 is 1.70. The maximum Gasteiger partial charge on any atom is 0.0772 e. The van der Waals surface area contributed by atoms with E-state index in [2.05, 4.69) is 74.6 Å². The quantitative estimate of drug-likeness (QED) is 0.328. The summed E-state index contributed by atoms with van der Waals surface area (Å²) in [5.74, 6) is 13.3. The lowest BCUT2D eigenvalue weighted by Crippen LogP contribution is -1.88. The van der Waals surface area contributed by atoms with Crippen molar-refractivity contribution >= 4 is 11.3 Å². The number of allylic oxidation sites excluding steroid dienone is 9. The molecular formula is C30H42S. The Morgan fingerprint density at radius 2 is 1.84 bits per heavy atom. The predicted molar refractivity (Wildman–Crippen MR) is 145 cm³/mol. The third-order valence-electron chi connectivity index (χ3n) is 3.61. The van der Waals surface area contributed by atoms with E-state index in [0.29, 0.717) is 5.92 Å². The fourth-order valence-electron chi connectivity index (χ4n) is 2.14. The Morgan fingerprint density at radius 1 is 1.13 bits per heavy atom. The lowest BCUT2D eigenvalue weighted by molar-refractivity contribution is 0.676. The number of hydrogen-bond donors (Lipinski definition) is 0. The summed E-state index contributed by atoms with van der Waals surface area (Å²) in [5.41, 5.74) is 3.73. The molecule has 0 unspecified atom stereocenters. The van der Waals surface area contributed by atoms with Crippen LogP contribution >= 0.6 is 11.3 Å². The average molecular weight is 435 g/mol. The van der Waals surface area contributed by atoms with Gasteiger partial charge in [0.05, 0.1) is 4.88 Å². The molecule has 0 atom stereocenters. The van der Waals surface area contributed by atoms with Crippen molar-refractivity contribution in [2.75, 3.05) is 0 Å². The molecule has 1 aliphatic rings. The van der Waals surface area contributed by atoms with Crippen molar-refractivity contribution in [1.29, 1.82) is 0 Å². The predicted octanol–water partition coefficient (Wildman–Crippen LogP) is 9.54. The van der Waals surface area contributed by atoms with Gasteiger partial charge in [-0.3, -0.25) is 0 Å². The number of rotatable bonds is 3. The maximum atomic E-state index is 3.65. The first-order valence-corrected chi connectivity index (χ1v) is 12.3. The Hall–Kier alpha value is -2.48. The number of thiophene rings is 1. The lowest BCUT2D eigenvalue weighted by Gasteiger charge is -2.05. The zero-order chi connectivity index (χ0) is 23.9. The minimum atomic E-state index is 0.642. The van der Waals surface area contributed by atoms with Gasteiger partial charge in [0, 0.05) is 17.6 Å². The van der Waals surface area contributed by atoms with E-state index in [1.54, 1.807) is 17.4 Å². The molecule has 1 aliphatic carbocycles. The van der Waals surface area contributed by atoms with E-state index in [4.69, 9.17) is 0 Å². The van der Waals surface area contributed by atoms with E-state index in [1.165, 1.54) is 11.1 Å². The first kappa shape index (κ1) is 30.7. The molecule has 1 heteroatoms. The highest BCUT2D eigenvalue weighted by molar-refractivity contribution is 7.10. The van der Waals surface area contributed by atoms with Crippen molar-refractivity contribution in [2.24, 2.45) is 5.92 Å². The highest BCUT2D eigenvalue weighted by atomic mass is 32.1. The zero-order valence-electron chi connectivity index (χ0n) is 21.0. The van der Waals surface area contributed by atoms with Gasteiger partial charge in [-0.25, -0.2) is 0 Å². The smallest absolute Gasteiger partial charge is 0.0772 e. The summed E-state index contributed by atoms with van der Waals surface area (Å²) in [6.07, 6.45) is 15.2. The standard InChI is InChI=1S/C13H12S.C13H18.2C2H6/c1-11-4-6-12(7-5-11)8-9-13-3-2-10-14-13;1-5-8-13(9-6-2)11-7-10-12(3)4;2*1-2/h2-4,6,10H,5,7H2,1H3;5-6,8-9,12H,1,10H2,2-4H3;2*1-2H3/b;9-6-,13-8+;;. The molecule has 0 N–H and O–H groups in total. The van der Waals surface area contributed by atoms with Crippen molar-refractivity contribution in [2.45, 2.75) is 74.7 Å². The van der Waals surface area contributed by atoms with E-state index in [0.717, 1.165) is 29.7 Å². The Kier molecular flexibility index (Phi) is 22.0. The molecule has 0 nitrogen and oxygen atoms in total. The Balaban J connectivity index is 0. The van der Waals surface area contributed by atoms with Crippen LogP contribution in [0.2, 0.25) is 0 Å². The molecule has 0 saturated carbocycles. The minimum absolute atomic E-state index is 0.642. The van der Waals surface area contributed by atoms with E-state index >= 15 is 0 Å². The van der Waals surface area contributed by atoms with Gasteiger partial charge >= 0.3 is 0 Å². The number of hydrogen-bond acceptors (Lipinski definition) is 1. The van der Waals surface area contributed by atoms with Gasteiger partial charge in [0.2, 0.25) is 0 Å². The second-order valence-corrected chi connectivity index (χ2v) is 7.64. The molecule has 2 rings (SSSR count). The van der Waals surface area contributed by atoms with Crippen LogP contribution in [0, 0.1) is 29.6 Å². The fraction of sp³-hybridized carbons (Fsp3) is 0.400. The Morgan fingerprint density at radius 3 is 2.32 bits per heavy atom. The molecule has 1 heterocycles. The second-order valence-electron chi connectivity index (χ2n) is 6.69. The van der Waals surface area contributed by atoms with Crippen LogP contribution < -0.4 is 0 Å². The SMILES string of the molecule is C=C/C=C(C#CCC(C)C)\C=C/C.CC.CC.CC1=CC=C(C#Cc2cccs2)CC1. The van der Waals surface area contributed by atoms with Gasteiger partial charge in [-0.1, -0.05) is 114 Å². The fourth-order valence-corrected chi connectivity index (χ4v) is 2.71. The van der Waals surface area contributed by atoms with Gasteiger partial charge in [-0.05, 0) is 50.1 Å². The summed E-state index contributed by atoms with van der Waals surface area (Å²) in [7, 11) is 0. The molecule has 0 spiro atoms. The molecule has 0 amide bonds. The second kappa shape index (κ2) is 22.2. The van der Waals surface area contributed by atoms with Crippen molar-refractivity contribution < 1.29 is 0 Å². The highest BCUT2D eigenvalue weighted by Crippen LogP contribution is 2.17. The van der Waals surface area contributed by atoms with E-state index in [9.17, 15) is 0 Å². The molecule has 0 bridgehead atoms. The minimum Gasteiger partial charge on any atom is -0.135 e. The summed E-state index contributed by atoms with van der Waals surface area (Å²) in [4.78, 5) is 1.15. The van der Waals surface area contributed by atoms with Crippen molar-refractivity contribution in [3.63, 3.8) is 0 Å². The van der Waals surface area contributed by atoms with Crippen LogP contribution in [0.15, 0.2) is 77.3 Å². The van der Waals surface area contributed by atoms with Crippen molar-refractivity contribution in [3.8, 4) is 23.7 Å². The van der Waals surface area contributed by atoms with Gasteiger partial charge in [-0.15, -0.1) is 11.3 Å². The van der Waals surface area contributed by atoms with Crippen LogP contribution in [0.25, 0.3) is 0 Å². The third-order valence-corrected chi connectivity index (χ3v) is 4.40. The van der Waals surface area contributed by atoms with E-state index < -0.39 is 0 Å². The summed E-state index contributed by atoms with van der Waals surface area (Å²) < 4.78 is 0. The normalized spacial score (nSPS) is 12.1. The lowest BCUT2D eigenvalue weighted by atomic mass is 10.00. The van der Waals surface area contributed by atoms with Gasteiger partial charge in [-0.2, -0.15) is 0 Å². The van der Waals surface area contributed by atoms with Crippen LogP contribution in [-0.4, -0.2) is 0 Å². The van der Waals surface area contributed by atoms with Gasteiger partial charge in [0.25, 0.3) is 0 Å². The maximum absolute atomic E-state index is 3.65. The molecule has 168 valence electrons. The van der Waals surface area contributed by atoms with E-state index in [1.807, 2.05) is 58.9 Å². The molecular weight excluding hydrogens is 392 g/mol. The molecule has 0 aliphatic heterocycles. The summed E-state index contributed by atoms with van der Waals surface area (Å²) in [5, 5.41) is 2.06. The van der Waals surface area contributed by atoms with Crippen molar-refractivity contribution in [3.05, 3.63) is 82.1 Å². The van der Waals surface area contributed by atoms with Crippen LogP contribution in [-0.2, 0) is 0 Å². The Bertz CT molecular complexity index is 816. The summed E-state index contributed by atoms with van der Waals surface area (Å²) in [6, 6.07) is 4.09. The van der Waals surface area contributed by atoms with Crippen LogP contribution in [0.3, 0.4) is 0 Å². The molecule has 0 aromatic carbocycles. The largest absolute Gasteiger partial charge is 0.135 e. The molecule has 1 aromatic rings. The topological polar surface area (TPSA) is 0 Å². The van der Waals surface area contributed by atoms with Gasteiger partial charge in [0.1, 0.15) is 0 Å². The zero-order valence-corrected chi connectivity index (χ0v) is 21.8. The molecule has 0 saturated heterocycles. The third kappa shape index (κ3) is 18.0. The molecule has 31 heavy (non-hydrogen) atoms. The van der Waals surface area contributed by atoms with E-state index in [-0.39, 0.29) is 0 Å². The molecule has 1 aromatic heterocycles. The van der Waals surface area contributed by atoms with Gasteiger partial charge in [0.15, 0.2) is 0 Å². The molecule has 0 fully saturated rings. The average Bonchev–Trinajstić information content (AvgIpc) is 3.30. The molecule has 0 radical (unpaired) electrons. The van der Waals surface area contributed by atoms with Crippen LogP contribution in [0.5, 0.6) is 0 Å². The first-order chi connectivity index (χ1) is 15.0. The van der Waals surface area contributed by atoms with Crippen molar-refractivity contribution in [1.82, 2.24) is 0 Å².